The van der Waals surface area contributed by atoms with Crippen molar-refractivity contribution < 1.29 is 17.6 Å². The van der Waals surface area contributed by atoms with Gasteiger partial charge in [0, 0.05) is 11.0 Å². The minimum Gasteiger partial charge on any atom is -0.439 e. The number of sulfone groups is 1. The summed E-state index contributed by atoms with van der Waals surface area (Å²) in [5, 5.41) is 2.72. The number of piperidine rings is 1. The molecule has 1 unspecified atom stereocenters. The van der Waals surface area contributed by atoms with Gasteiger partial charge in [0.25, 0.3) is 5.91 Å². The Morgan fingerprint density at radius 1 is 0.943 bits per heavy atom. The summed E-state index contributed by atoms with van der Waals surface area (Å²) in [7, 11) is -3.85. The standard InChI is InChI=1S/C27H31BrN2O4S/c1-19(2)20-6-8-21(9-7-20)24(30-16-4-3-5-17-30)18-29-27(31)25-14-15-26(34-25)35(32,33)23-12-10-22(28)11-13-23/h6-15,19,24H,3-5,16-18H2,1-2H3,(H,29,31). The molecule has 0 spiro atoms. The number of carbonyl (C=O) groups is 1. The van der Waals surface area contributed by atoms with Gasteiger partial charge in [-0.2, -0.15) is 0 Å². The van der Waals surface area contributed by atoms with E-state index < -0.39 is 15.7 Å². The molecule has 2 aromatic carbocycles. The van der Waals surface area contributed by atoms with Crippen LogP contribution >= 0.6 is 15.9 Å². The predicted molar refractivity (Wildman–Crippen MR) is 139 cm³/mol. The number of benzene rings is 2. The number of nitrogens with zero attached hydrogens (tertiary/aromatic N) is 1. The quantitative estimate of drug-likeness (QED) is 0.369. The van der Waals surface area contributed by atoms with Crippen molar-refractivity contribution in [3.05, 3.63) is 82.0 Å². The van der Waals surface area contributed by atoms with Crippen molar-refractivity contribution in [1.82, 2.24) is 10.2 Å². The van der Waals surface area contributed by atoms with E-state index in [4.69, 9.17) is 4.42 Å². The van der Waals surface area contributed by atoms with Crippen LogP contribution in [0.3, 0.4) is 0 Å². The van der Waals surface area contributed by atoms with Gasteiger partial charge in [0.1, 0.15) is 0 Å². The molecule has 6 nitrogen and oxygen atoms in total. The monoisotopic (exact) mass is 558 g/mol. The molecule has 2 heterocycles. The van der Waals surface area contributed by atoms with Gasteiger partial charge in [0.15, 0.2) is 5.76 Å². The van der Waals surface area contributed by atoms with Gasteiger partial charge in [-0.25, -0.2) is 8.42 Å². The smallest absolute Gasteiger partial charge is 0.287 e. The third-order valence-electron chi connectivity index (χ3n) is 6.47. The van der Waals surface area contributed by atoms with Gasteiger partial charge in [-0.3, -0.25) is 9.69 Å². The second-order valence-corrected chi connectivity index (χ2v) is 12.0. The molecule has 0 aliphatic carbocycles. The fourth-order valence-corrected chi connectivity index (χ4v) is 5.82. The lowest BCUT2D eigenvalue weighted by Gasteiger charge is -2.35. The van der Waals surface area contributed by atoms with E-state index in [9.17, 15) is 13.2 Å². The first kappa shape index (κ1) is 25.7. The summed E-state index contributed by atoms with van der Waals surface area (Å²) in [6, 6.07) is 17.7. The number of carbonyl (C=O) groups excluding carboxylic acids is 1. The van der Waals surface area contributed by atoms with Crippen LogP contribution in [0.25, 0.3) is 0 Å². The topological polar surface area (TPSA) is 79.6 Å². The Labute approximate surface area is 215 Å². The van der Waals surface area contributed by atoms with E-state index in [1.165, 1.54) is 36.2 Å². The van der Waals surface area contributed by atoms with E-state index in [0.717, 1.165) is 36.0 Å². The number of nitrogens with one attached hydrogen (secondary N) is 1. The normalized spacial score (nSPS) is 15.8. The molecule has 1 amide bonds. The van der Waals surface area contributed by atoms with Crippen molar-refractivity contribution >= 4 is 31.7 Å². The fraction of sp³-hybridized carbons (Fsp3) is 0.370. The summed E-state index contributed by atoms with van der Waals surface area (Å²) in [5.74, 6) is 0.00956. The van der Waals surface area contributed by atoms with Gasteiger partial charge in [-0.15, -0.1) is 0 Å². The van der Waals surface area contributed by atoms with Crippen LogP contribution in [0.15, 0.2) is 79.5 Å². The lowest BCUT2D eigenvalue weighted by Crippen LogP contribution is -2.40. The molecular formula is C27H31BrN2O4S. The number of halogens is 1. The second-order valence-electron chi connectivity index (χ2n) is 9.22. The van der Waals surface area contributed by atoms with Gasteiger partial charge >= 0.3 is 0 Å². The van der Waals surface area contributed by atoms with Gasteiger partial charge < -0.3 is 9.73 Å². The molecule has 3 aromatic rings. The summed E-state index contributed by atoms with van der Waals surface area (Å²) in [5.41, 5.74) is 2.44. The minimum atomic E-state index is -3.85. The highest BCUT2D eigenvalue weighted by molar-refractivity contribution is 9.10. The molecule has 1 aliphatic rings. The number of amides is 1. The highest BCUT2D eigenvalue weighted by Crippen LogP contribution is 2.27. The summed E-state index contributed by atoms with van der Waals surface area (Å²) in [6.07, 6.45) is 3.51. The Morgan fingerprint density at radius 2 is 1.57 bits per heavy atom. The number of likely N-dealkylation sites (tertiary alicyclic amines) is 1. The zero-order valence-electron chi connectivity index (χ0n) is 20.0. The van der Waals surface area contributed by atoms with Crippen molar-refractivity contribution in [2.45, 2.75) is 55.1 Å². The van der Waals surface area contributed by atoms with Crippen LogP contribution in [0.2, 0.25) is 0 Å². The second kappa shape index (κ2) is 11.1. The van der Waals surface area contributed by atoms with Crippen LogP contribution in [0, 0.1) is 0 Å². The summed E-state index contributed by atoms with van der Waals surface area (Å²) in [6.45, 7) is 6.73. The van der Waals surface area contributed by atoms with Crippen molar-refractivity contribution in [3.63, 3.8) is 0 Å². The SMILES string of the molecule is CC(C)c1ccc(C(CNC(=O)c2ccc(S(=O)(=O)c3ccc(Br)cc3)o2)N2CCCCC2)cc1. The van der Waals surface area contributed by atoms with Crippen molar-refractivity contribution in [2.24, 2.45) is 0 Å². The largest absolute Gasteiger partial charge is 0.439 e. The molecule has 1 atom stereocenters. The Bertz CT molecular complexity index is 1250. The molecule has 4 rings (SSSR count). The van der Waals surface area contributed by atoms with Crippen LogP contribution in [0.5, 0.6) is 0 Å². The van der Waals surface area contributed by atoms with Crippen molar-refractivity contribution in [1.29, 1.82) is 0 Å². The third-order valence-corrected chi connectivity index (χ3v) is 8.64. The zero-order chi connectivity index (χ0) is 25.0. The molecule has 186 valence electrons. The summed E-state index contributed by atoms with van der Waals surface area (Å²) < 4.78 is 32.0. The predicted octanol–water partition coefficient (Wildman–Crippen LogP) is 5.96. The number of rotatable bonds is 8. The van der Waals surface area contributed by atoms with E-state index in [-0.39, 0.29) is 21.8 Å². The highest BCUT2D eigenvalue weighted by Gasteiger charge is 2.26. The Hall–Kier alpha value is -2.42. The van der Waals surface area contributed by atoms with Gasteiger partial charge in [-0.1, -0.05) is 60.5 Å². The molecule has 35 heavy (non-hydrogen) atoms. The van der Waals surface area contributed by atoms with E-state index in [1.54, 1.807) is 12.1 Å². The summed E-state index contributed by atoms with van der Waals surface area (Å²) in [4.78, 5) is 15.4. The van der Waals surface area contributed by atoms with Gasteiger partial charge in [0.2, 0.25) is 14.9 Å². The van der Waals surface area contributed by atoms with Crippen LogP contribution in [0.4, 0.5) is 0 Å². The molecule has 0 radical (unpaired) electrons. The van der Waals surface area contributed by atoms with E-state index in [2.05, 4.69) is 64.3 Å². The van der Waals surface area contributed by atoms with Gasteiger partial charge in [0.05, 0.1) is 10.9 Å². The molecule has 1 aromatic heterocycles. The van der Waals surface area contributed by atoms with Crippen LogP contribution in [-0.2, 0) is 9.84 Å². The fourth-order valence-electron chi connectivity index (χ4n) is 4.38. The number of furan rings is 1. The third kappa shape index (κ3) is 6.05. The Balaban J connectivity index is 1.49. The molecule has 8 heteroatoms. The van der Waals surface area contributed by atoms with E-state index >= 15 is 0 Å². The lowest BCUT2D eigenvalue weighted by atomic mass is 9.97. The minimum absolute atomic E-state index is 0.0202. The Kier molecular flexibility index (Phi) is 8.14. The number of hydrogen-bond donors (Lipinski definition) is 1. The molecular weight excluding hydrogens is 528 g/mol. The molecule has 1 N–H and O–H groups in total. The zero-order valence-corrected chi connectivity index (χ0v) is 22.4. The van der Waals surface area contributed by atoms with E-state index in [1.807, 2.05) is 0 Å². The maximum Gasteiger partial charge on any atom is 0.287 e. The van der Waals surface area contributed by atoms with Crippen LogP contribution in [-0.4, -0.2) is 38.9 Å². The maximum absolute atomic E-state index is 12.9. The van der Waals surface area contributed by atoms with Gasteiger partial charge in [-0.05, 0) is 79.4 Å². The highest BCUT2D eigenvalue weighted by atomic mass is 79.9. The van der Waals surface area contributed by atoms with Crippen molar-refractivity contribution in [3.8, 4) is 0 Å². The van der Waals surface area contributed by atoms with Crippen LogP contribution in [0.1, 0.15) is 66.8 Å². The molecule has 1 saturated heterocycles. The maximum atomic E-state index is 12.9. The average molecular weight is 560 g/mol. The average Bonchev–Trinajstić information content (AvgIpc) is 3.37. The molecule has 0 bridgehead atoms. The molecule has 1 aliphatic heterocycles. The van der Waals surface area contributed by atoms with E-state index in [0.29, 0.717) is 12.5 Å². The Morgan fingerprint density at radius 3 is 2.20 bits per heavy atom. The first-order valence-electron chi connectivity index (χ1n) is 12.0. The molecule has 1 fully saturated rings. The van der Waals surface area contributed by atoms with Crippen LogP contribution < -0.4 is 5.32 Å². The lowest BCUT2D eigenvalue weighted by molar-refractivity contribution is 0.0892. The first-order valence-corrected chi connectivity index (χ1v) is 14.3. The van der Waals surface area contributed by atoms with Crippen molar-refractivity contribution in [2.75, 3.05) is 19.6 Å². The molecule has 0 saturated carbocycles. The summed E-state index contributed by atoms with van der Waals surface area (Å²) >= 11 is 3.30. The first-order chi connectivity index (χ1) is 16.8. The number of hydrogen-bond acceptors (Lipinski definition) is 5.